The third kappa shape index (κ3) is 4.97. The second-order valence-corrected chi connectivity index (χ2v) is 5.39. The van der Waals surface area contributed by atoms with Crippen LogP contribution in [0.15, 0.2) is 12.1 Å². The van der Waals surface area contributed by atoms with Gasteiger partial charge in [-0.3, -0.25) is 0 Å². The van der Waals surface area contributed by atoms with Gasteiger partial charge >= 0.3 is 0 Å². The number of rotatable bonds is 7. The van der Waals surface area contributed by atoms with Crippen LogP contribution in [0.3, 0.4) is 0 Å². The highest BCUT2D eigenvalue weighted by Gasteiger charge is 2.12. The molecule has 0 aliphatic rings. The largest absolute Gasteiger partial charge is 0.490 e. The van der Waals surface area contributed by atoms with Gasteiger partial charge in [0.15, 0.2) is 11.6 Å². The third-order valence-corrected chi connectivity index (χ3v) is 2.79. The molecule has 0 saturated carbocycles. The Morgan fingerprint density at radius 3 is 2.58 bits per heavy atom. The molecule has 0 fully saturated rings. The Morgan fingerprint density at radius 2 is 2.00 bits per heavy atom. The van der Waals surface area contributed by atoms with Gasteiger partial charge in [-0.15, -0.1) is 0 Å². The lowest BCUT2D eigenvalue weighted by Gasteiger charge is -2.19. The predicted molar refractivity (Wildman–Crippen MR) is 79.1 cm³/mol. The van der Waals surface area contributed by atoms with Gasteiger partial charge in [0.25, 0.3) is 0 Å². The standard InChI is InChI=1S/C15H25FN2O/c1-5-6-19-15-9-14(13(17)8-12(15)16)18-11(4)7-10(2)3/h8-11,18H,5-7,17H2,1-4H3. The molecular weight excluding hydrogens is 243 g/mol. The number of hydrogen-bond donors (Lipinski definition) is 2. The van der Waals surface area contributed by atoms with Crippen molar-refractivity contribution in [2.24, 2.45) is 5.92 Å². The minimum Gasteiger partial charge on any atom is -0.490 e. The van der Waals surface area contributed by atoms with Crippen LogP contribution in [0.25, 0.3) is 0 Å². The highest BCUT2D eigenvalue weighted by Crippen LogP contribution is 2.29. The number of benzene rings is 1. The van der Waals surface area contributed by atoms with Crippen LogP contribution >= 0.6 is 0 Å². The van der Waals surface area contributed by atoms with Gasteiger partial charge in [-0.2, -0.15) is 0 Å². The van der Waals surface area contributed by atoms with E-state index in [1.807, 2.05) is 6.92 Å². The SMILES string of the molecule is CCCOc1cc(NC(C)CC(C)C)c(N)cc1F. The van der Waals surface area contributed by atoms with E-state index in [0.29, 0.717) is 18.2 Å². The van der Waals surface area contributed by atoms with Crippen molar-refractivity contribution in [2.75, 3.05) is 17.7 Å². The molecule has 0 heterocycles. The fraction of sp³-hybridized carbons (Fsp3) is 0.600. The van der Waals surface area contributed by atoms with E-state index in [1.54, 1.807) is 6.07 Å². The lowest BCUT2D eigenvalue weighted by molar-refractivity contribution is 0.301. The summed E-state index contributed by atoms with van der Waals surface area (Å²) in [6.45, 7) is 8.92. The Hall–Kier alpha value is -1.45. The molecule has 4 heteroatoms. The van der Waals surface area contributed by atoms with Crippen LogP contribution in [-0.4, -0.2) is 12.6 Å². The number of nitrogens with two attached hydrogens (primary N) is 1. The molecule has 1 atom stereocenters. The first kappa shape index (κ1) is 15.6. The summed E-state index contributed by atoms with van der Waals surface area (Å²) in [6.07, 6.45) is 1.87. The van der Waals surface area contributed by atoms with E-state index in [-0.39, 0.29) is 11.8 Å². The van der Waals surface area contributed by atoms with Crippen molar-refractivity contribution in [3.63, 3.8) is 0 Å². The van der Waals surface area contributed by atoms with Gasteiger partial charge in [0, 0.05) is 18.2 Å². The first-order chi connectivity index (χ1) is 8.93. The van der Waals surface area contributed by atoms with Gasteiger partial charge in [-0.05, 0) is 25.7 Å². The molecule has 3 N–H and O–H groups in total. The Kier molecular flexibility index (Phi) is 5.93. The van der Waals surface area contributed by atoms with Crippen LogP contribution in [0, 0.1) is 11.7 Å². The molecule has 0 amide bonds. The van der Waals surface area contributed by atoms with E-state index in [2.05, 4.69) is 26.1 Å². The minimum absolute atomic E-state index is 0.260. The number of nitrogens with one attached hydrogen (secondary N) is 1. The molecule has 0 aromatic heterocycles. The van der Waals surface area contributed by atoms with Crippen LogP contribution in [0.4, 0.5) is 15.8 Å². The average molecular weight is 268 g/mol. The average Bonchev–Trinajstić information content (AvgIpc) is 2.30. The molecule has 0 saturated heterocycles. The number of anilines is 2. The predicted octanol–water partition coefficient (Wildman–Crippen LogP) is 4.04. The minimum atomic E-state index is -0.409. The molecule has 1 aromatic carbocycles. The van der Waals surface area contributed by atoms with Gasteiger partial charge in [-0.1, -0.05) is 20.8 Å². The third-order valence-electron chi connectivity index (χ3n) is 2.79. The van der Waals surface area contributed by atoms with Crippen molar-refractivity contribution >= 4 is 11.4 Å². The van der Waals surface area contributed by atoms with E-state index in [0.717, 1.165) is 18.5 Å². The molecule has 108 valence electrons. The van der Waals surface area contributed by atoms with Gasteiger partial charge in [-0.25, -0.2) is 4.39 Å². The number of halogens is 1. The molecule has 0 aliphatic heterocycles. The van der Waals surface area contributed by atoms with E-state index < -0.39 is 5.82 Å². The van der Waals surface area contributed by atoms with Crippen LogP contribution in [-0.2, 0) is 0 Å². The van der Waals surface area contributed by atoms with Crippen LogP contribution in [0.2, 0.25) is 0 Å². The summed E-state index contributed by atoms with van der Waals surface area (Å²) >= 11 is 0. The van der Waals surface area contributed by atoms with Crippen molar-refractivity contribution in [3.8, 4) is 5.75 Å². The first-order valence-electron chi connectivity index (χ1n) is 6.92. The smallest absolute Gasteiger partial charge is 0.167 e. The molecule has 0 radical (unpaired) electrons. The molecule has 1 aromatic rings. The molecule has 0 aliphatic carbocycles. The quantitative estimate of drug-likeness (QED) is 0.734. The van der Waals surface area contributed by atoms with Gasteiger partial charge in [0.2, 0.25) is 0 Å². The summed E-state index contributed by atoms with van der Waals surface area (Å²) in [6, 6.07) is 3.25. The van der Waals surface area contributed by atoms with Crippen LogP contribution < -0.4 is 15.8 Å². The molecule has 0 bridgehead atoms. The van der Waals surface area contributed by atoms with Crippen molar-refractivity contribution in [2.45, 2.75) is 46.6 Å². The summed E-state index contributed by atoms with van der Waals surface area (Å²) in [7, 11) is 0. The van der Waals surface area contributed by atoms with Gasteiger partial charge < -0.3 is 15.8 Å². The molecule has 19 heavy (non-hydrogen) atoms. The summed E-state index contributed by atoms with van der Waals surface area (Å²) in [4.78, 5) is 0. The van der Waals surface area contributed by atoms with Crippen molar-refractivity contribution in [1.82, 2.24) is 0 Å². The summed E-state index contributed by atoms with van der Waals surface area (Å²) in [5, 5.41) is 3.31. The zero-order valence-corrected chi connectivity index (χ0v) is 12.3. The monoisotopic (exact) mass is 268 g/mol. The summed E-state index contributed by atoms with van der Waals surface area (Å²) < 4.78 is 19.0. The fourth-order valence-electron chi connectivity index (χ4n) is 2.05. The van der Waals surface area contributed by atoms with Crippen LogP contribution in [0.5, 0.6) is 5.75 Å². The second-order valence-electron chi connectivity index (χ2n) is 5.39. The first-order valence-corrected chi connectivity index (χ1v) is 6.92. The normalized spacial score (nSPS) is 12.5. The number of hydrogen-bond acceptors (Lipinski definition) is 3. The van der Waals surface area contributed by atoms with E-state index >= 15 is 0 Å². The second kappa shape index (κ2) is 7.22. The molecule has 0 spiro atoms. The lowest BCUT2D eigenvalue weighted by Crippen LogP contribution is -2.18. The number of nitrogen functional groups attached to an aromatic ring is 1. The summed E-state index contributed by atoms with van der Waals surface area (Å²) in [5.41, 5.74) is 6.99. The maximum Gasteiger partial charge on any atom is 0.167 e. The molecule has 1 rings (SSSR count). The van der Waals surface area contributed by atoms with E-state index in [4.69, 9.17) is 10.5 Å². The van der Waals surface area contributed by atoms with E-state index in [9.17, 15) is 4.39 Å². The van der Waals surface area contributed by atoms with Gasteiger partial charge in [0.1, 0.15) is 0 Å². The Morgan fingerprint density at radius 1 is 1.32 bits per heavy atom. The van der Waals surface area contributed by atoms with Crippen molar-refractivity contribution in [3.05, 3.63) is 17.9 Å². The highest BCUT2D eigenvalue weighted by molar-refractivity contribution is 5.68. The van der Waals surface area contributed by atoms with Crippen LogP contribution in [0.1, 0.15) is 40.5 Å². The lowest BCUT2D eigenvalue weighted by atomic mass is 10.0. The molecule has 1 unspecified atom stereocenters. The topological polar surface area (TPSA) is 47.3 Å². The van der Waals surface area contributed by atoms with Crippen molar-refractivity contribution in [1.29, 1.82) is 0 Å². The summed E-state index contributed by atoms with van der Waals surface area (Å²) in [5.74, 6) is 0.447. The van der Waals surface area contributed by atoms with Gasteiger partial charge in [0.05, 0.1) is 18.0 Å². The maximum absolute atomic E-state index is 13.7. The Labute approximate surface area is 115 Å². The maximum atomic E-state index is 13.7. The Balaban J connectivity index is 2.81. The highest BCUT2D eigenvalue weighted by atomic mass is 19.1. The van der Waals surface area contributed by atoms with E-state index in [1.165, 1.54) is 6.07 Å². The zero-order valence-electron chi connectivity index (χ0n) is 12.3. The Bertz CT molecular complexity index is 407. The van der Waals surface area contributed by atoms with Crippen molar-refractivity contribution < 1.29 is 9.13 Å². The number of ether oxygens (including phenoxy) is 1. The fourth-order valence-corrected chi connectivity index (χ4v) is 2.05. The molecule has 3 nitrogen and oxygen atoms in total. The zero-order chi connectivity index (χ0) is 14.4. The molecular formula is C15H25FN2O.